The lowest BCUT2D eigenvalue weighted by Crippen LogP contribution is -2.46. The number of piperidine rings is 1. The molecule has 0 unspecified atom stereocenters. The van der Waals surface area contributed by atoms with Gasteiger partial charge in [-0.05, 0) is 56.0 Å². The molecule has 6 nitrogen and oxygen atoms in total. The maximum atomic E-state index is 12.6. The predicted molar refractivity (Wildman–Crippen MR) is 119 cm³/mol. The summed E-state index contributed by atoms with van der Waals surface area (Å²) in [5, 5.41) is 2.71. The van der Waals surface area contributed by atoms with E-state index in [1.807, 2.05) is 18.2 Å². The summed E-state index contributed by atoms with van der Waals surface area (Å²) in [7, 11) is 1.75. The Kier molecular flexibility index (Phi) is 7.71. The van der Waals surface area contributed by atoms with E-state index < -0.39 is 6.04 Å². The highest BCUT2D eigenvalue weighted by atomic mass is 16.5. The van der Waals surface area contributed by atoms with Crippen LogP contribution >= 0.6 is 0 Å². The summed E-state index contributed by atoms with van der Waals surface area (Å²) in [6.07, 6.45) is 3.81. The Morgan fingerprint density at radius 1 is 1.03 bits per heavy atom. The second-order valence-electron chi connectivity index (χ2n) is 7.80. The molecule has 30 heavy (non-hydrogen) atoms. The van der Waals surface area contributed by atoms with E-state index in [9.17, 15) is 9.59 Å². The summed E-state index contributed by atoms with van der Waals surface area (Å²) < 4.78 is 5.42. The number of nitrogens with one attached hydrogen (secondary N) is 1. The van der Waals surface area contributed by atoms with Gasteiger partial charge in [0.1, 0.15) is 11.8 Å². The van der Waals surface area contributed by atoms with Crippen molar-refractivity contribution in [2.24, 2.45) is 0 Å². The van der Waals surface area contributed by atoms with Crippen LogP contribution in [0.25, 0.3) is 0 Å². The first-order valence-electron chi connectivity index (χ1n) is 10.6. The van der Waals surface area contributed by atoms with Crippen molar-refractivity contribution in [1.82, 2.24) is 10.2 Å². The zero-order chi connectivity index (χ0) is 21.3. The fourth-order valence-corrected chi connectivity index (χ4v) is 3.66. The van der Waals surface area contributed by atoms with Crippen LogP contribution in [0.4, 0.5) is 5.69 Å². The van der Waals surface area contributed by atoms with Gasteiger partial charge in [0.2, 0.25) is 5.91 Å². The molecule has 1 aliphatic heterocycles. The van der Waals surface area contributed by atoms with E-state index in [1.54, 1.807) is 31.0 Å². The van der Waals surface area contributed by atoms with Crippen molar-refractivity contribution in [3.8, 4) is 5.75 Å². The fourth-order valence-electron chi connectivity index (χ4n) is 3.66. The molecule has 1 saturated heterocycles. The minimum absolute atomic E-state index is 0.122. The normalized spacial score (nSPS) is 14.7. The maximum absolute atomic E-state index is 12.6. The van der Waals surface area contributed by atoms with Crippen molar-refractivity contribution in [2.45, 2.75) is 38.8 Å². The van der Waals surface area contributed by atoms with Gasteiger partial charge in [-0.2, -0.15) is 0 Å². The summed E-state index contributed by atoms with van der Waals surface area (Å²) in [5.41, 5.74) is 2.31. The van der Waals surface area contributed by atoms with Gasteiger partial charge in [-0.25, -0.2) is 0 Å². The van der Waals surface area contributed by atoms with Crippen LogP contribution in [-0.4, -0.2) is 49.5 Å². The van der Waals surface area contributed by atoms with Gasteiger partial charge in [0.15, 0.2) is 6.61 Å². The molecule has 1 fully saturated rings. The molecule has 0 radical (unpaired) electrons. The van der Waals surface area contributed by atoms with Crippen molar-refractivity contribution in [3.63, 3.8) is 0 Å². The van der Waals surface area contributed by atoms with E-state index in [-0.39, 0.29) is 18.4 Å². The number of ether oxygens (including phenoxy) is 1. The Hall–Kier alpha value is -3.02. The second kappa shape index (κ2) is 10.7. The minimum Gasteiger partial charge on any atom is -0.484 e. The quantitative estimate of drug-likeness (QED) is 0.727. The number of rotatable bonds is 8. The second-order valence-corrected chi connectivity index (χ2v) is 7.80. The van der Waals surface area contributed by atoms with Crippen LogP contribution in [0.5, 0.6) is 5.75 Å². The average molecular weight is 410 g/mol. The Balaban J connectivity index is 1.45. The third-order valence-corrected chi connectivity index (χ3v) is 5.31. The van der Waals surface area contributed by atoms with Gasteiger partial charge < -0.3 is 19.9 Å². The third-order valence-electron chi connectivity index (χ3n) is 5.31. The largest absolute Gasteiger partial charge is 0.484 e. The van der Waals surface area contributed by atoms with Gasteiger partial charge >= 0.3 is 0 Å². The Morgan fingerprint density at radius 3 is 2.37 bits per heavy atom. The lowest BCUT2D eigenvalue weighted by Gasteiger charge is -2.29. The zero-order valence-electron chi connectivity index (χ0n) is 17.8. The highest BCUT2D eigenvalue weighted by Gasteiger charge is 2.20. The van der Waals surface area contributed by atoms with Crippen LogP contribution in [0, 0.1) is 0 Å². The van der Waals surface area contributed by atoms with Crippen molar-refractivity contribution in [2.75, 3.05) is 31.6 Å². The maximum Gasteiger partial charge on any atom is 0.258 e. The molecule has 1 N–H and O–H groups in total. The molecule has 2 aromatic carbocycles. The summed E-state index contributed by atoms with van der Waals surface area (Å²) in [6.45, 7) is 4.30. The van der Waals surface area contributed by atoms with Gasteiger partial charge in [0.25, 0.3) is 5.91 Å². The first-order chi connectivity index (χ1) is 14.5. The number of carbonyl (C=O) groups excluding carboxylic acids is 2. The molecule has 1 aliphatic rings. The van der Waals surface area contributed by atoms with Gasteiger partial charge in [0.05, 0.1) is 0 Å². The molecule has 0 aliphatic carbocycles. The summed E-state index contributed by atoms with van der Waals surface area (Å²) in [6, 6.07) is 16.9. The van der Waals surface area contributed by atoms with E-state index in [0.717, 1.165) is 18.7 Å². The van der Waals surface area contributed by atoms with Gasteiger partial charge in [-0.15, -0.1) is 0 Å². The summed E-state index contributed by atoms with van der Waals surface area (Å²) in [5.74, 6) is 0.166. The zero-order valence-corrected chi connectivity index (χ0v) is 17.8. The number of amides is 2. The minimum atomic E-state index is -0.616. The number of hydrogen-bond donors (Lipinski definition) is 1. The molecule has 6 heteroatoms. The number of carbonyl (C=O) groups is 2. The number of likely N-dealkylation sites (N-methyl/N-ethyl adjacent to an activating group) is 1. The first-order valence-corrected chi connectivity index (χ1v) is 10.6. The van der Waals surface area contributed by atoms with Crippen molar-refractivity contribution >= 4 is 17.5 Å². The molecular formula is C24H31N3O3. The first kappa shape index (κ1) is 21.7. The van der Waals surface area contributed by atoms with Crippen molar-refractivity contribution < 1.29 is 14.3 Å². The van der Waals surface area contributed by atoms with Crippen LogP contribution in [0.2, 0.25) is 0 Å². The van der Waals surface area contributed by atoms with E-state index >= 15 is 0 Å². The monoisotopic (exact) mass is 409 g/mol. The van der Waals surface area contributed by atoms with Crippen molar-refractivity contribution in [3.05, 3.63) is 60.2 Å². The van der Waals surface area contributed by atoms with Crippen LogP contribution in [0.1, 0.15) is 31.7 Å². The fraction of sp³-hybridized carbons (Fsp3) is 0.417. The van der Waals surface area contributed by atoms with Crippen LogP contribution in [-0.2, 0) is 16.1 Å². The number of hydrogen-bond acceptors (Lipinski definition) is 4. The summed E-state index contributed by atoms with van der Waals surface area (Å²) >= 11 is 0. The molecule has 0 spiro atoms. The van der Waals surface area contributed by atoms with Gasteiger partial charge in [-0.3, -0.25) is 9.59 Å². The average Bonchev–Trinajstić information content (AvgIpc) is 2.79. The Morgan fingerprint density at radius 2 is 1.70 bits per heavy atom. The molecule has 2 aromatic rings. The number of para-hydroxylation sites is 1. The predicted octanol–water partition coefficient (Wildman–Crippen LogP) is 3.22. The lowest BCUT2D eigenvalue weighted by molar-refractivity contribution is -0.135. The molecule has 1 heterocycles. The number of benzene rings is 2. The van der Waals surface area contributed by atoms with E-state index in [4.69, 9.17) is 4.74 Å². The lowest BCUT2D eigenvalue weighted by atomic mass is 10.1. The molecule has 1 atom stereocenters. The Labute approximate surface area is 178 Å². The molecule has 0 bridgehead atoms. The summed E-state index contributed by atoms with van der Waals surface area (Å²) in [4.78, 5) is 28.8. The standard InChI is InChI=1S/C24H31N3O3/c1-19(25-23(28)18-30-22-9-5-3-6-10-22)24(29)26(2)17-20-11-13-21(14-12-20)27-15-7-4-8-16-27/h3,5-6,9-14,19H,4,7-8,15-18H2,1-2H3,(H,25,28)/t19-/m0/s1. The van der Waals surface area contributed by atoms with Crippen LogP contribution < -0.4 is 15.0 Å². The molecule has 0 aromatic heterocycles. The van der Waals surface area contributed by atoms with Crippen LogP contribution in [0.3, 0.4) is 0 Å². The number of nitrogens with zero attached hydrogens (tertiary/aromatic N) is 2. The number of anilines is 1. The molecule has 3 rings (SSSR count). The van der Waals surface area contributed by atoms with Crippen LogP contribution in [0.15, 0.2) is 54.6 Å². The third kappa shape index (κ3) is 6.24. The highest BCUT2D eigenvalue weighted by Crippen LogP contribution is 2.20. The Bertz CT molecular complexity index is 817. The van der Waals surface area contributed by atoms with Gasteiger partial charge in [-0.1, -0.05) is 30.3 Å². The van der Waals surface area contributed by atoms with E-state index in [1.165, 1.54) is 24.9 Å². The molecule has 2 amide bonds. The highest BCUT2D eigenvalue weighted by molar-refractivity contribution is 5.87. The molecule has 0 saturated carbocycles. The van der Waals surface area contributed by atoms with Crippen molar-refractivity contribution in [1.29, 1.82) is 0 Å². The topological polar surface area (TPSA) is 61.9 Å². The molecule has 160 valence electrons. The van der Waals surface area contributed by atoms with Gasteiger partial charge in [0, 0.05) is 32.4 Å². The SMILES string of the molecule is C[C@H](NC(=O)COc1ccccc1)C(=O)N(C)Cc1ccc(N2CCCCC2)cc1. The molecular weight excluding hydrogens is 378 g/mol. The van der Waals surface area contributed by atoms with E-state index in [2.05, 4.69) is 34.5 Å². The van der Waals surface area contributed by atoms with E-state index in [0.29, 0.717) is 12.3 Å². The smallest absolute Gasteiger partial charge is 0.258 e.